The second-order valence-electron chi connectivity index (χ2n) is 11.3. The Bertz CT molecular complexity index is 1620. The van der Waals surface area contributed by atoms with Crippen LogP contribution in [-0.4, -0.2) is 66.8 Å². The van der Waals surface area contributed by atoms with Crippen LogP contribution < -0.4 is 9.47 Å². The minimum Gasteiger partial charge on any atom is -0.494 e. The topological polar surface area (TPSA) is 140 Å². The molecule has 2 aliphatic rings. The molecule has 0 spiro atoms. The average molecular weight is 574 g/mol. The Balaban J connectivity index is 0.00000113. The zero-order valence-corrected chi connectivity index (χ0v) is 24.1. The lowest BCUT2D eigenvalue weighted by molar-refractivity contribution is -0.137. The third kappa shape index (κ3) is 5.78. The van der Waals surface area contributed by atoms with Crippen LogP contribution >= 0.6 is 0 Å². The summed E-state index contributed by atoms with van der Waals surface area (Å²) in [4.78, 5) is 27.4. The molecule has 0 fully saturated rings. The maximum atomic E-state index is 12.1. The van der Waals surface area contributed by atoms with E-state index in [1.165, 1.54) is 11.1 Å². The fourth-order valence-corrected chi connectivity index (χ4v) is 6.24. The monoisotopic (exact) mass is 573 g/mol. The number of benzene rings is 2. The van der Waals surface area contributed by atoms with E-state index in [9.17, 15) is 9.90 Å². The molecule has 220 valence electrons. The molecule has 0 saturated heterocycles. The van der Waals surface area contributed by atoms with Gasteiger partial charge in [-0.15, -0.1) is 5.10 Å². The van der Waals surface area contributed by atoms with Gasteiger partial charge in [-0.05, 0) is 67.1 Å². The molecule has 1 aliphatic heterocycles. The number of aryl methyl sites for hydroxylation is 2. The van der Waals surface area contributed by atoms with Crippen molar-refractivity contribution >= 4 is 23.5 Å². The first-order chi connectivity index (χ1) is 20.1. The van der Waals surface area contributed by atoms with E-state index in [1.54, 1.807) is 18.0 Å². The van der Waals surface area contributed by atoms with E-state index in [1.807, 2.05) is 25.2 Å². The molecule has 11 nitrogen and oxygen atoms in total. The summed E-state index contributed by atoms with van der Waals surface area (Å²) in [6.45, 7) is 5.47. The molecule has 2 N–H and O–H groups in total. The maximum Gasteiger partial charge on any atom is 0.304 e. The van der Waals surface area contributed by atoms with Crippen LogP contribution in [0.25, 0.3) is 11.0 Å². The van der Waals surface area contributed by atoms with Crippen molar-refractivity contribution in [3.05, 3.63) is 76.5 Å². The number of rotatable bonds is 6. The third-order valence-corrected chi connectivity index (χ3v) is 7.93. The number of hydrogen-bond acceptors (Lipinski definition) is 8. The molecule has 2 aromatic carbocycles. The Morgan fingerprint density at radius 1 is 1.21 bits per heavy atom. The predicted octanol–water partition coefficient (Wildman–Crippen LogP) is 4.34. The van der Waals surface area contributed by atoms with Crippen LogP contribution in [0.2, 0.25) is 0 Å². The van der Waals surface area contributed by atoms with Gasteiger partial charge in [-0.1, -0.05) is 29.5 Å². The van der Waals surface area contributed by atoms with E-state index in [2.05, 4.69) is 58.3 Å². The average Bonchev–Trinajstić information content (AvgIpc) is 3.51. The second kappa shape index (κ2) is 11.8. The second-order valence-corrected chi connectivity index (χ2v) is 11.3. The van der Waals surface area contributed by atoms with Crippen LogP contribution in [0.1, 0.15) is 66.5 Å². The number of ether oxygens (including phenoxy) is 2. The van der Waals surface area contributed by atoms with Crippen molar-refractivity contribution in [3.63, 3.8) is 0 Å². The zero-order valence-electron chi connectivity index (χ0n) is 24.1. The van der Waals surface area contributed by atoms with Gasteiger partial charge in [0.05, 0.1) is 13.5 Å². The van der Waals surface area contributed by atoms with Crippen LogP contribution in [0.4, 0.5) is 0 Å². The maximum absolute atomic E-state index is 12.1. The quantitative estimate of drug-likeness (QED) is 0.320. The normalized spacial score (nSPS) is 18.0. The highest BCUT2D eigenvalue weighted by Crippen LogP contribution is 2.42. The van der Waals surface area contributed by atoms with E-state index in [-0.39, 0.29) is 24.9 Å². The van der Waals surface area contributed by atoms with Crippen molar-refractivity contribution in [2.75, 3.05) is 13.7 Å². The molecule has 0 amide bonds. The Kier molecular flexibility index (Phi) is 8.13. The Morgan fingerprint density at radius 2 is 2.00 bits per heavy atom. The van der Waals surface area contributed by atoms with Crippen molar-refractivity contribution in [2.24, 2.45) is 7.05 Å². The highest BCUT2D eigenvalue weighted by molar-refractivity contribution is 5.83. The van der Waals surface area contributed by atoms with Gasteiger partial charge in [0.25, 0.3) is 6.47 Å². The van der Waals surface area contributed by atoms with Crippen LogP contribution in [-0.2, 0) is 29.6 Å². The number of fused-ring (bicyclic) bond motifs is 3. The molecule has 3 heterocycles. The van der Waals surface area contributed by atoms with Crippen molar-refractivity contribution in [3.8, 4) is 11.6 Å². The first-order valence-corrected chi connectivity index (χ1v) is 13.8. The van der Waals surface area contributed by atoms with Crippen molar-refractivity contribution in [2.45, 2.75) is 57.2 Å². The molecule has 2 aromatic heterocycles. The predicted molar refractivity (Wildman–Crippen MR) is 155 cm³/mol. The van der Waals surface area contributed by atoms with Gasteiger partial charge in [-0.3, -0.25) is 14.5 Å². The van der Waals surface area contributed by atoms with Crippen molar-refractivity contribution in [1.82, 2.24) is 24.9 Å². The van der Waals surface area contributed by atoms with Crippen molar-refractivity contribution in [1.29, 1.82) is 0 Å². The van der Waals surface area contributed by atoms with Crippen LogP contribution in [0.15, 0.2) is 48.7 Å². The number of carbonyl (C=O) groups is 2. The van der Waals surface area contributed by atoms with E-state index in [4.69, 9.17) is 19.4 Å². The van der Waals surface area contributed by atoms with Crippen molar-refractivity contribution < 1.29 is 29.3 Å². The molecule has 2 unspecified atom stereocenters. The van der Waals surface area contributed by atoms with E-state index >= 15 is 0 Å². The summed E-state index contributed by atoms with van der Waals surface area (Å²) in [5.74, 6) is 0.115. The highest BCUT2D eigenvalue weighted by atomic mass is 16.5. The lowest BCUT2D eigenvalue weighted by Gasteiger charge is -2.33. The van der Waals surface area contributed by atoms with E-state index in [0.29, 0.717) is 17.1 Å². The number of nitrogens with zero attached hydrogens (tertiary/aromatic N) is 5. The fraction of sp³-hybridized carbons (Fsp3) is 0.387. The van der Waals surface area contributed by atoms with Gasteiger partial charge in [-0.25, -0.2) is 9.67 Å². The van der Waals surface area contributed by atoms with Gasteiger partial charge in [0.15, 0.2) is 0 Å². The highest BCUT2D eigenvalue weighted by Gasteiger charge is 2.36. The first kappa shape index (κ1) is 29.0. The van der Waals surface area contributed by atoms with E-state index in [0.717, 1.165) is 48.1 Å². The summed E-state index contributed by atoms with van der Waals surface area (Å²) in [7, 11) is 3.42. The smallest absolute Gasteiger partial charge is 0.304 e. The zero-order chi connectivity index (χ0) is 30.0. The van der Waals surface area contributed by atoms with Crippen LogP contribution in [0, 0.1) is 0 Å². The molecule has 42 heavy (non-hydrogen) atoms. The standard InChI is InChI=1S/C30H33N5O4.CH2O2/c1-30(2)17-35(16-20-6-5-11-31-29(20)39-30)25-10-9-18-7-8-19(12-23(18)25)22(15-27(36)37)21-13-24-28(26(14-21)38-4)34(3)33-32-24;2-1-3/h5-8,11-14,22,25H,9-10,15-17H2,1-4H3,(H,36,37);1H,(H,2,3). The molecule has 1 aliphatic carbocycles. The number of aliphatic carboxylic acids is 1. The number of hydrogen-bond donors (Lipinski definition) is 2. The summed E-state index contributed by atoms with van der Waals surface area (Å²) in [6.07, 6.45) is 3.73. The molecule has 0 bridgehead atoms. The molecule has 0 saturated carbocycles. The van der Waals surface area contributed by atoms with Gasteiger partial charge in [0.2, 0.25) is 5.88 Å². The van der Waals surface area contributed by atoms with Gasteiger partial charge in [0, 0.05) is 43.9 Å². The SMILES string of the molecule is COc1cc(C(CC(=O)O)c2ccc3c(c2)C(N2Cc4cccnc4OC(C)(C)C2)CC3)cc2nnn(C)c12.O=CO. The number of aromatic nitrogens is 4. The minimum absolute atomic E-state index is 0.0397. The van der Waals surface area contributed by atoms with Gasteiger partial charge < -0.3 is 19.7 Å². The molecule has 0 radical (unpaired) electrons. The molecule has 4 aromatic rings. The molecule has 2 atom stereocenters. The van der Waals surface area contributed by atoms with E-state index < -0.39 is 11.6 Å². The van der Waals surface area contributed by atoms with Gasteiger partial charge in [-0.2, -0.15) is 0 Å². The number of carboxylic acids is 1. The van der Waals surface area contributed by atoms with Gasteiger partial charge in [0.1, 0.15) is 22.4 Å². The lowest BCUT2D eigenvalue weighted by Crippen LogP contribution is -2.41. The van der Waals surface area contributed by atoms with Crippen LogP contribution in [0.5, 0.6) is 11.6 Å². The summed E-state index contributed by atoms with van der Waals surface area (Å²) in [6, 6.07) is 14.6. The van der Waals surface area contributed by atoms with Gasteiger partial charge >= 0.3 is 5.97 Å². The third-order valence-electron chi connectivity index (χ3n) is 7.93. The summed E-state index contributed by atoms with van der Waals surface area (Å²) < 4.78 is 13.6. The number of pyridine rings is 1. The Labute approximate surface area is 243 Å². The minimum atomic E-state index is -0.856. The lowest BCUT2D eigenvalue weighted by atomic mass is 9.86. The molecular weight excluding hydrogens is 538 g/mol. The fourth-order valence-electron chi connectivity index (χ4n) is 6.24. The van der Waals surface area contributed by atoms with Crippen LogP contribution in [0.3, 0.4) is 0 Å². The summed E-state index contributed by atoms with van der Waals surface area (Å²) in [5, 5.41) is 25.2. The summed E-state index contributed by atoms with van der Waals surface area (Å²) in [5.41, 5.74) is 6.55. The molecule has 11 heteroatoms. The Hall–Kier alpha value is -4.51. The largest absolute Gasteiger partial charge is 0.494 e. The Morgan fingerprint density at radius 3 is 2.74 bits per heavy atom. The number of carboxylic acid groups (broad SMARTS) is 2. The molecular formula is C31H35N5O6. The number of methoxy groups -OCH3 is 1. The summed E-state index contributed by atoms with van der Waals surface area (Å²) >= 11 is 0. The molecule has 6 rings (SSSR count). The first-order valence-electron chi connectivity index (χ1n) is 13.8.